The summed E-state index contributed by atoms with van der Waals surface area (Å²) < 4.78 is 0. The Labute approximate surface area is 136 Å². The van der Waals surface area contributed by atoms with E-state index >= 15 is 0 Å². The van der Waals surface area contributed by atoms with Gasteiger partial charge in [0.15, 0.2) is 0 Å². The summed E-state index contributed by atoms with van der Waals surface area (Å²) in [5, 5.41) is 15.4. The number of fused-ring (bicyclic) bond motifs is 1. The predicted molar refractivity (Wildman–Crippen MR) is 86.8 cm³/mol. The van der Waals surface area contributed by atoms with E-state index in [4.69, 9.17) is 0 Å². The molecule has 1 aromatic rings. The van der Waals surface area contributed by atoms with Crippen molar-refractivity contribution in [1.82, 2.24) is 10.6 Å². The van der Waals surface area contributed by atoms with Crippen molar-refractivity contribution in [2.45, 2.75) is 45.8 Å². The third kappa shape index (κ3) is 3.24. The maximum Gasteiger partial charge on any atom is 0.253 e. The van der Waals surface area contributed by atoms with E-state index in [1.54, 1.807) is 0 Å². The van der Waals surface area contributed by atoms with Crippen molar-refractivity contribution in [2.24, 2.45) is 11.3 Å². The first-order valence-corrected chi connectivity index (χ1v) is 8.26. The molecule has 2 aliphatic rings. The molecule has 0 radical (unpaired) electrons. The number of nitrogens with one attached hydrogen (secondary N) is 2. The Morgan fingerprint density at radius 3 is 2.74 bits per heavy atom. The zero-order chi connectivity index (χ0) is 16.6. The molecule has 2 amide bonds. The van der Waals surface area contributed by atoms with Crippen molar-refractivity contribution in [2.75, 3.05) is 6.54 Å². The average Bonchev–Trinajstić information content (AvgIpc) is 2.86. The van der Waals surface area contributed by atoms with E-state index in [0.29, 0.717) is 12.0 Å². The number of benzene rings is 1. The number of amides is 2. The molecule has 5 heteroatoms. The van der Waals surface area contributed by atoms with Gasteiger partial charge in [0, 0.05) is 23.9 Å². The van der Waals surface area contributed by atoms with E-state index in [0.717, 1.165) is 31.4 Å². The highest BCUT2D eigenvalue weighted by Gasteiger charge is 2.40. The van der Waals surface area contributed by atoms with Gasteiger partial charge in [-0.2, -0.15) is 0 Å². The number of carbonyl (C=O) groups excluding carboxylic acids is 2. The van der Waals surface area contributed by atoms with Crippen molar-refractivity contribution in [3.05, 3.63) is 34.9 Å². The lowest BCUT2D eigenvalue weighted by atomic mass is 9.71. The van der Waals surface area contributed by atoms with E-state index in [1.165, 1.54) is 5.56 Å². The summed E-state index contributed by atoms with van der Waals surface area (Å²) in [4.78, 5) is 23.9. The third-order valence-corrected chi connectivity index (χ3v) is 5.07. The topological polar surface area (TPSA) is 78.4 Å². The minimum Gasteiger partial charge on any atom is -0.373 e. The van der Waals surface area contributed by atoms with Gasteiger partial charge in [0.05, 0.1) is 0 Å². The van der Waals surface area contributed by atoms with Crippen molar-refractivity contribution in [1.29, 1.82) is 0 Å². The molecular formula is C18H24N2O3. The second-order valence-corrected chi connectivity index (χ2v) is 7.28. The van der Waals surface area contributed by atoms with Crippen LogP contribution in [0.1, 0.15) is 48.2 Å². The number of rotatable bonds is 3. The van der Waals surface area contributed by atoms with E-state index in [2.05, 4.69) is 10.6 Å². The average molecular weight is 316 g/mol. The van der Waals surface area contributed by atoms with Gasteiger partial charge in [0.1, 0.15) is 6.23 Å². The Morgan fingerprint density at radius 2 is 2.09 bits per heavy atom. The fraction of sp³-hybridized carbons (Fsp3) is 0.556. The second-order valence-electron chi connectivity index (χ2n) is 7.28. The summed E-state index contributed by atoms with van der Waals surface area (Å²) in [7, 11) is 0. The minimum absolute atomic E-state index is 0.0105. The van der Waals surface area contributed by atoms with Crippen molar-refractivity contribution < 1.29 is 14.7 Å². The molecule has 1 spiro atoms. The van der Waals surface area contributed by atoms with Gasteiger partial charge in [-0.1, -0.05) is 19.9 Å². The SMILES string of the molecule is CC(C)[C@@H](O)NC(=O)c1ccc2c(c1)CC1(CC2)CNC(=O)C1. The molecule has 2 atom stereocenters. The molecule has 1 saturated heterocycles. The summed E-state index contributed by atoms with van der Waals surface area (Å²) in [6.45, 7) is 4.44. The van der Waals surface area contributed by atoms with Crippen LogP contribution in [0.4, 0.5) is 0 Å². The van der Waals surface area contributed by atoms with Crippen LogP contribution in [0.5, 0.6) is 0 Å². The number of hydrogen-bond acceptors (Lipinski definition) is 3. The number of hydrogen-bond donors (Lipinski definition) is 3. The third-order valence-electron chi connectivity index (χ3n) is 5.07. The van der Waals surface area contributed by atoms with Crippen LogP contribution in [-0.4, -0.2) is 29.7 Å². The molecule has 1 unspecified atom stereocenters. The lowest BCUT2D eigenvalue weighted by molar-refractivity contribution is -0.119. The van der Waals surface area contributed by atoms with Gasteiger partial charge >= 0.3 is 0 Å². The maximum absolute atomic E-state index is 12.3. The summed E-state index contributed by atoms with van der Waals surface area (Å²) in [6.07, 6.45) is 2.52. The monoisotopic (exact) mass is 316 g/mol. The molecule has 3 N–H and O–H groups in total. The van der Waals surface area contributed by atoms with E-state index in [9.17, 15) is 14.7 Å². The molecule has 1 heterocycles. The fourth-order valence-corrected chi connectivity index (χ4v) is 3.51. The lowest BCUT2D eigenvalue weighted by Gasteiger charge is -2.33. The summed E-state index contributed by atoms with van der Waals surface area (Å²) in [5.41, 5.74) is 2.99. The number of carbonyl (C=O) groups is 2. The highest BCUT2D eigenvalue weighted by molar-refractivity contribution is 5.94. The molecule has 1 fully saturated rings. The molecular weight excluding hydrogens is 292 g/mol. The van der Waals surface area contributed by atoms with Crippen LogP contribution < -0.4 is 10.6 Å². The Kier molecular flexibility index (Phi) is 4.15. The molecule has 1 aromatic carbocycles. The number of aryl methyl sites for hydroxylation is 1. The minimum atomic E-state index is -0.846. The van der Waals surface area contributed by atoms with Gasteiger partial charge in [0.2, 0.25) is 5.91 Å². The Morgan fingerprint density at radius 1 is 1.30 bits per heavy atom. The van der Waals surface area contributed by atoms with Gasteiger partial charge in [0.25, 0.3) is 5.91 Å². The Hall–Kier alpha value is -1.88. The molecule has 1 aliphatic carbocycles. The summed E-state index contributed by atoms with van der Waals surface area (Å²) >= 11 is 0. The van der Waals surface area contributed by atoms with E-state index < -0.39 is 6.23 Å². The number of aliphatic hydroxyl groups is 1. The molecule has 0 bridgehead atoms. The van der Waals surface area contributed by atoms with Crippen LogP contribution in [0.2, 0.25) is 0 Å². The quantitative estimate of drug-likeness (QED) is 0.737. The first-order chi connectivity index (χ1) is 10.9. The smallest absolute Gasteiger partial charge is 0.253 e. The Balaban J connectivity index is 1.78. The predicted octanol–water partition coefficient (Wildman–Crippen LogP) is 1.39. The maximum atomic E-state index is 12.3. The molecule has 5 nitrogen and oxygen atoms in total. The van der Waals surface area contributed by atoms with Crippen molar-refractivity contribution in [3.63, 3.8) is 0 Å². The standard InChI is InChI=1S/C18H24N2O3/c1-11(2)16(22)20-17(23)13-4-3-12-5-6-18(8-14(12)7-13)9-15(21)19-10-18/h3-4,7,11,16,22H,5-6,8-10H2,1-2H3,(H,19,21)(H,20,23)/t16-,18?/m1/s1. The van der Waals surface area contributed by atoms with Gasteiger partial charge in [-0.15, -0.1) is 0 Å². The van der Waals surface area contributed by atoms with Crippen molar-refractivity contribution >= 4 is 11.8 Å². The van der Waals surface area contributed by atoms with Crippen LogP contribution in [0.15, 0.2) is 18.2 Å². The zero-order valence-corrected chi connectivity index (χ0v) is 13.7. The van der Waals surface area contributed by atoms with Crippen LogP contribution in [-0.2, 0) is 17.6 Å². The molecule has 124 valence electrons. The molecule has 1 aliphatic heterocycles. The molecule has 0 aromatic heterocycles. The summed E-state index contributed by atoms with van der Waals surface area (Å²) in [6, 6.07) is 5.74. The normalized spacial score (nSPS) is 24.4. The lowest BCUT2D eigenvalue weighted by Crippen LogP contribution is -2.38. The Bertz CT molecular complexity index is 641. The van der Waals surface area contributed by atoms with Gasteiger partial charge in [-0.3, -0.25) is 9.59 Å². The molecule has 3 rings (SSSR count). The van der Waals surface area contributed by atoms with Crippen LogP contribution in [0, 0.1) is 11.3 Å². The van der Waals surface area contributed by atoms with Gasteiger partial charge in [-0.05, 0) is 48.4 Å². The first kappa shape index (κ1) is 16.0. The molecule has 0 saturated carbocycles. The van der Waals surface area contributed by atoms with Crippen LogP contribution in [0.3, 0.4) is 0 Å². The van der Waals surface area contributed by atoms with E-state index in [-0.39, 0.29) is 23.1 Å². The second kappa shape index (κ2) is 5.96. The van der Waals surface area contributed by atoms with Crippen molar-refractivity contribution in [3.8, 4) is 0 Å². The van der Waals surface area contributed by atoms with Gasteiger partial charge < -0.3 is 15.7 Å². The van der Waals surface area contributed by atoms with E-state index in [1.807, 2.05) is 32.0 Å². The van der Waals surface area contributed by atoms with Crippen LogP contribution >= 0.6 is 0 Å². The van der Waals surface area contributed by atoms with Gasteiger partial charge in [-0.25, -0.2) is 0 Å². The largest absolute Gasteiger partial charge is 0.373 e. The first-order valence-electron chi connectivity index (χ1n) is 8.26. The van der Waals surface area contributed by atoms with Crippen LogP contribution in [0.25, 0.3) is 0 Å². The zero-order valence-electron chi connectivity index (χ0n) is 13.7. The fourth-order valence-electron chi connectivity index (χ4n) is 3.51. The highest BCUT2D eigenvalue weighted by Crippen LogP contribution is 2.40. The summed E-state index contributed by atoms with van der Waals surface area (Å²) in [5.74, 6) is -0.160. The number of aliphatic hydroxyl groups excluding tert-OH is 1. The molecule has 23 heavy (non-hydrogen) atoms. The highest BCUT2D eigenvalue weighted by atomic mass is 16.3.